The zero-order chi connectivity index (χ0) is 30.6. The van der Waals surface area contributed by atoms with E-state index in [9.17, 15) is 14.4 Å². The lowest BCUT2D eigenvalue weighted by atomic mass is 10.0. The molecule has 2 aliphatic rings. The van der Waals surface area contributed by atoms with E-state index in [1.54, 1.807) is 24.3 Å². The fraction of sp³-hybridized carbons (Fsp3) is 0.212. The van der Waals surface area contributed by atoms with Crippen LogP contribution < -0.4 is 25.6 Å². The van der Waals surface area contributed by atoms with Crippen LogP contribution in [0.15, 0.2) is 84.9 Å². The van der Waals surface area contributed by atoms with Crippen molar-refractivity contribution < 1.29 is 23.5 Å². The van der Waals surface area contributed by atoms with Crippen molar-refractivity contribution in [1.82, 2.24) is 15.2 Å². The number of ether oxygens (including phenoxy) is 1. The molecule has 44 heavy (non-hydrogen) atoms. The molecule has 0 radical (unpaired) electrons. The first-order chi connectivity index (χ1) is 21.3. The third kappa shape index (κ3) is 6.37. The van der Waals surface area contributed by atoms with Crippen LogP contribution in [0.2, 0.25) is 0 Å². The Hall–Kier alpha value is -5.29. The SMILES string of the molecule is NC(=O)c1ccc(N2CCN(Cc3ccc(N4CCC(=O)NC4=O)cc3F)CC2)nc1-c1ccc(Oc2ccccc2)cc1. The van der Waals surface area contributed by atoms with E-state index in [0.29, 0.717) is 61.0 Å². The molecule has 0 atom stereocenters. The summed E-state index contributed by atoms with van der Waals surface area (Å²) in [5.41, 5.74) is 8.21. The van der Waals surface area contributed by atoms with Gasteiger partial charge in [0, 0.05) is 62.5 Å². The Morgan fingerprint density at radius 3 is 2.30 bits per heavy atom. The number of rotatable bonds is 8. The van der Waals surface area contributed by atoms with Gasteiger partial charge in [0.1, 0.15) is 23.1 Å². The average molecular weight is 595 g/mol. The van der Waals surface area contributed by atoms with Gasteiger partial charge in [-0.2, -0.15) is 0 Å². The van der Waals surface area contributed by atoms with Crippen molar-refractivity contribution in [2.24, 2.45) is 5.73 Å². The Morgan fingerprint density at radius 2 is 1.61 bits per heavy atom. The Balaban J connectivity index is 1.11. The lowest BCUT2D eigenvalue weighted by Gasteiger charge is -2.35. The van der Waals surface area contributed by atoms with Gasteiger partial charge in [-0.25, -0.2) is 14.2 Å². The first-order valence-corrected chi connectivity index (χ1v) is 14.4. The molecule has 224 valence electrons. The quantitative estimate of drug-likeness (QED) is 0.307. The lowest BCUT2D eigenvalue weighted by molar-refractivity contribution is -0.120. The third-order valence-corrected chi connectivity index (χ3v) is 7.75. The Labute approximate surface area is 253 Å². The summed E-state index contributed by atoms with van der Waals surface area (Å²) >= 11 is 0. The van der Waals surface area contributed by atoms with Gasteiger partial charge in [0.25, 0.3) is 5.91 Å². The highest BCUT2D eigenvalue weighted by atomic mass is 19.1. The van der Waals surface area contributed by atoms with Crippen LogP contribution in [0.25, 0.3) is 11.3 Å². The number of hydrogen-bond donors (Lipinski definition) is 2. The number of para-hydroxylation sites is 1. The van der Waals surface area contributed by atoms with E-state index in [-0.39, 0.29) is 18.9 Å². The van der Waals surface area contributed by atoms with Crippen molar-refractivity contribution in [2.45, 2.75) is 13.0 Å². The van der Waals surface area contributed by atoms with Crippen molar-refractivity contribution in [2.75, 3.05) is 42.5 Å². The van der Waals surface area contributed by atoms with Gasteiger partial charge in [-0.05, 0) is 60.7 Å². The predicted octanol–water partition coefficient (Wildman–Crippen LogP) is 4.55. The van der Waals surface area contributed by atoms with E-state index in [1.807, 2.05) is 54.6 Å². The maximum atomic E-state index is 15.0. The zero-order valence-electron chi connectivity index (χ0n) is 23.9. The van der Waals surface area contributed by atoms with Gasteiger partial charge in [-0.15, -0.1) is 0 Å². The normalized spacial score (nSPS) is 15.7. The molecule has 6 rings (SSSR count). The molecule has 3 N–H and O–H groups in total. The van der Waals surface area contributed by atoms with Crippen molar-refractivity contribution in [1.29, 1.82) is 0 Å². The number of nitrogens with two attached hydrogens (primary N) is 1. The van der Waals surface area contributed by atoms with Gasteiger partial charge in [0.2, 0.25) is 5.91 Å². The van der Waals surface area contributed by atoms with Crippen molar-refractivity contribution in [3.05, 3.63) is 102 Å². The van der Waals surface area contributed by atoms with E-state index in [0.717, 1.165) is 17.1 Å². The molecular weight excluding hydrogens is 563 g/mol. The molecule has 0 aliphatic carbocycles. The van der Waals surface area contributed by atoms with Crippen molar-refractivity contribution in [3.8, 4) is 22.8 Å². The van der Waals surface area contributed by atoms with Crippen LogP contribution in [-0.2, 0) is 11.3 Å². The number of piperazine rings is 1. The molecule has 1 aromatic heterocycles. The van der Waals surface area contributed by atoms with E-state index >= 15 is 4.39 Å². The van der Waals surface area contributed by atoms with Gasteiger partial charge in [-0.1, -0.05) is 24.3 Å². The van der Waals surface area contributed by atoms with Gasteiger partial charge >= 0.3 is 6.03 Å². The van der Waals surface area contributed by atoms with E-state index in [2.05, 4.69) is 15.1 Å². The summed E-state index contributed by atoms with van der Waals surface area (Å²) in [5.74, 6) is 0.818. The Bertz CT molecular complexity index is 1690. The number of benzene rings is 3. The minimum absolute atomic E-state index is 0.178. The van der Waals surface area contributed by atoms with Gasteiger partial charge in [-0.3, -0.25) is 24.7 Å². The topological polar surface area (TPSA) is 121 Å². The fourth-order valence-corrected chi connectivity index (χ4v) is 5.37. The minimum Gasteiger partial charge on any atom is -0.457 e. The molecule has 4 amide bonds. The second kappa shape index (κ2) is 12.5. The zero-order valence-corrected chi connectivity index (χ0v) is 23.9. The molecule has 3 heterocycles. The highest BCUT2D eigenvalue weighted by Gasteiger charge is 2.26. The number of pyridine rings is 1. The molecule has 0 bridgehead atoms. The number of amides is 4. The van der Waals surface area contributed by atoms with E-state index in [4.69, 9.17) is 15.5 Å². The van der Waals surface area contributed by atoms with E-state index < -0.39 is 17.8 Å². The standard InChI is InChI=1S/C33H31FN6O4/c34-28-20-24(40-15-14-30(41)37-33(40)43)9-6-23(28)21-38-16-18-39(19-17-38)29-13-12-27(32(35)42)31(36-29)22-7-10-26(11-8-22)44-25-4-2-1-3-5-25/h1-13,20H,14-19,21H2,(H2,35,42)(H,37,41,43). The first-order valence-electron chi connectivity index (χ1n) is 14.4. The molecule has 10 nitrogen and oxygen atoms in total. The molecule has 0 saturated carbocycles. The number of anilines is 2. The third-order valence-electron chi connectivity index (χ3n) is 7.75. The van der Waals surface area contributed by atoms with Crippen LogP contribution in [0, 0.1) is 5.82 Å². The maximum absolute atomic E-state index is 15.0. The Kier molecular flexibility index (Phi) is 8.20. The summed E-state index contributed by atoms with van der Waals surface area (Å²) in [6.45, 7) is 3.31. The molecule has 3 aromatic carbocycles. The number of aromatic nitrogens is 1. The fourth-order valence-electron chi connectivity index (χ4n) is 5.37. The van der Waals surface area contributed by atoms with Gasteiger partial charge in [0.05, 0.1) is 11.3 Å². The number of hydrogen-bond acceptors (Lipinski definition) is 7. The number of halogens is 1. The van der Waals surface area contributed by atoms with Crippen molar-refractivity contribution >= 4 is 29.4 Å². The summed E-state index contributed by atoms with van der Waals surface area (Å²) in [6.07, 6.45) is 0.178. The number of primary amides is 1. The molecule has 0 unspecified atom stereocenters. The number of carbonyl (C=O) groups is 3. The van der Waals surface area contributed by atoms with Crippen LogP contribution in [0.1, 0.15) is 22.3 Å². The molecule has 2 aliphatic heterocycles. The second-order valence-corrected chi connectivity index (χ2v) is 10.7. The summed E-state index contributed by atoms with van der Waals surface area (Å²) in [7, 11) is 0. The number of carbonyl (C=O) groups excluding carboxylic acids is 3. The summed E-state index contributed by atoms with van der Waals surface area (Å²) < 4.78 is 20.9. The van der Waals surface area contributed by atoms with Crippen LogP contribution in [0.5, 0.6) is 11.5 Å². The second-order valence-electron chi connectivity index (χ2n) is 10.7. The summed E-state index contributed by atoms with van der Waals surface area (Å²) in [6, 6.07) is 24.5. The lowest BCUT2D eigenvalue weighted by Crippen LogP contribution is -2.49. The number of nitrogens with zero attached hydrogens (tertiary/aromatic N) is 4. The number of urea groups is 1. The first kappa shape index (κ1) is 28.8. The highest BCUT2D eigenvalue weighted by Crippen LogP contribution is 2.29. The summed E-state index contributed by atoms with van der Waals surface area (Å²) in [5, 5.41) is 2.26. The predicted molar refractivity (Wildman–Crippen MR) is 164 cm³/mol. The largest absolute Gasteiger partial charge is 0.457 e. The maximum Gasteiger partial charge on any atom is 0.328 e. The smallest absolute Gasteiger partial charge is 0.328 e. The molecule has 2 fully saturated rings. The van der Waals surface area contributed by atoms with Crippen LogP contribution >= 0.6 is 0 Å². The molecule has 2 saturated heterocycles. The minimum atomic E-state index is -0.559. The van der Waals surface area contributed by atoms with Gasteiger partial charge in [0.15, 0.2) is 0 Å². The average Bonchev–Trinajstić information content (AvgIpc) is 3.03. The van der Waals surface area contributed by atoms with Crippen LogP contribution in [0.3, 0.4) is 0 Å². The number of nitrogens with one attached hydrogen (secondary N) is 1. The van der Waals surface area contributed by atoms with Crippen LogP contribution in [-0.4, -0.2) is 60.5 Å². The Morgan fingerprint density at radius 1 is 0.886 bits per heavy atom. The summed E-state index contributed by atoms with van der Waals surface area (Å²) in [4.78, 5) is 46.3. The highest BCUT2D eigenvalue weighted by molar-refractivity contribution is 6.05. The molecule has 0 spiro atoms. The number of imide groups is 1. The van der Waals surface area contributed by atoms with Crippen LogP contribution in [0.4, 0.5) is 20.7 Å². The molecular formula is C33H31FN6O4. The monoisotopic (exact) mass is 594 g/mol. The van der Waals surface area contributed by atoms with Crippen molar-refractivity contribution in [3.63, 3.8) is 0 Å². The van der Waals surface area contributed by atoms with Gasteiger partial charge < -0.3 is 15.4 Å². The van der Waals surface area contributed by atoms with E-state index in [1.165, 1.54) is 11.0 Å². The molecule has 4 aromatic rings. The molecule has 11 heteroatoms.